The molecule has 370 valence electrons. The molecule has 0 fully saturated rings. The van der Waals surface area contributed by atoms with Crippen molar-refractivity contribution in [2.75, 3.05) is 92.4 Å². The van der Waals surface area contributed by atoms with Gasteiger partial charge in [0.2, 0.25) is 0 Å². The van der Waals surface area contributed by atoms with Crippen molar-refractivity contribution in [3.63, 3.8) is 0 Å². The normalized spacial score (nSPS) is 13.0. The molecule has 0 amide bonds. The highest BCUT2D eigenvalue weighted by Gasteiger charge is 2.14. The summed E-state index contributed by atoms with van der Waals surface area (Å²) in [4.78, 5) is 24.8. The topological polar surface area (TPSA) is 134 Å². The van der Waals surface area contributed by atoms with Gasteiger partial charge in [-0.25, -0.2) is 0 Å². The van der Waals surface area contributed by atoms with Crippen molar-refractivity contribution < 1.29 is 47.5 Å². The van der Waals surface area contributed by atoms with Crippen LogP contribution in [0.25, 0.3) is 0 Å². The largest absolute Gasteiger partial charge is 0.465 e. The highest BCUT2D eigenvalue weighted by molar-refractivity contribution is 5.69. The number of hydrogen-bond acceptors (Lipinski definition) is 11. The van der Waals surface area contributed by atoms with Crippen molar-refractivity contribution in [1.29, 1.82) is 0 Å². The summed E-state index contributed by atoms with van der Waals surface area (Å²) >= 11 is 0. The minimum absolute atomic E-state index is 0.0378. The Labute approximate surface area is 382 Å². The van der Waals surface area contributed by atoms with Crippen LogP contribution in [0, 0.1) is 11.8 Å². The molecule has 0 aliphatic heterocycles. The van der Waals surface area contributed by atoms with Crippen molar-refractivity contribution in [2.24, 2.45) is 17.6 Å². The fourth-order valence-electron chi connectivity index (χ4n) is 7.37. The predicted octanol–water partition coefficient (Wildman–Crippen LogP) is 11.7. The Morgan fingerprint density at radius 2 is 0.742 bits per heavy atom. The summed E-state index contributed by atoms with van der Waals surface area (Å²) in [5.74, 6) is 0.942. The van der Waals surface area contributed by atoms with Crippen molar-refractivity contribution in [3.05, 3.63) is 0 Å². The van der Waals surface area contributed by atoms with E-state index in [1.54, 1.807) is 0 Å². The molecule has 0 heterocycles. The average Bonchev–Trinajstić information content (AvgIpc) is 3.28. The van der Waals surface area contributed by atoms with E-state index >= 15 is 0 Å². The van der Waals surface area contributed by atoms with E-state index in [1.807, 2.05) is 0 Å². The number of unbranched alkanes of at least 4 members (excludes halogenated alkanes) is 16. The molecule has 0 rings (SSSR count). The Morgan fingerprint density at radius 1 is 0.371 bits per heavy atom. The van der Waals surface area contributed by atoms with E-state index < -0.39 is 0 Å². The highest BCUT2D eigenvalue weighted by Crippen LogP contribution is 2.20. The van der Waals surface area contributed by atoms with E-state index in [2.05, 4.69) is 27.7 Å². The highest BCUT2D eigenvalue weighted by atomic mass is 16.6. The molecular formula is C51H101NO10. The van der Waals surface area contributed by atoms with Crippen molar-refractivity contribution in [3.8, 4) is 0 Å². The van der Waals surface area contributed by atoms with Crippen LogP contribution in [-0.4, -0.2) is 110 Å². The molecule has 3 unspecified atom stereocenters. The van der Waals surface area contributed by atoms with Gasteiger partial charge in [0.25, 0.3) is 0 Å². The molecule has 0 saturated carbocycles. The maximum Gasteiger partial charge on any atom is 0.305 e. The van der Waals surface area contributed by atoms with Gasteiger partial charge in [0.1, 0.15) is 6.10 Å². The number of hydrogen-bond donors (Lipinski definition) is 1. The van der Waals surface area contributed by atoms with Crippen LogP contribution in [0.5, 0.6) is 0 Å². The molecule has 0 saturated heterocycles. The van der Waals surface area contributed by atoms with Gasteiger partial charge in [0, 0.05) is 32.6 Å². The zero-order valence-corrected chi connectivity index (χ0v) is 41.1. The van der Waals surface area contributed by atoms with Gasteiger partial charge in [-0.3, -0.25) is 9.59 Å². The molecule has 0 aromatic rings. The summed E-state index contributed by atoms with van der Waals surface area (Å²) < 4.78 is 46.0. The lowest BCUT2D eigenvalue weighted by molar-refractivity contribution is -0.146. The van der Waals surface area contributed by atoms with Gasteiger partial charge >= 0.3 is 11.9 Å². The van der Waals surface area contributed by atoms with Crippen LogP contribution in [0.3, 0.4) is 0 Å². The summed E-state index contributed by atoms with van der Waals surface area (Å²) in [6.07, 6.45) is 30.6. The molecule has 11 heteroatoms. The third-order valence-electron chi connectivity index (χ3n) is 11.4. The van der Waals surface area contributed by atoms with Gasteiger partial charge in [0.05, 0.1) is 72.7 Å². The second-order valence-corrected chi connectivity index (χ2v) is 17.4. The molecule has 0 aromatic carbocycles. The van der Waals surface area contributed by atoms with Crippen LogP contribution < -0.4 is 5.73 Å². The van der Waals surface area contributed by atoms with Crippen LogP contribution >= 0.6 is 0 Å². The maximum atomic E-state index is 12.4. The Bertz CT molecular complexity index is 912. The van der Waals surface area contributed by atoms with Gasteiger partial charge in [-0.05, 0) is 63.2 Å². The molecule has 62 heavy (non-hydrogen) atoms. The lowest BCUT2D eigenvalue weighted by Gasteiger charge is -2.18. The van der Waals surface area contributed by atoms with Gasteiger partial charge in [0.15, 0.2) is 0 Å². The number of ether oxygens (including phenoxy) is 8. The standard InChI is InChI=1S/C51H101NO10/c1-5-9-13-21-29-47(27-11-7-3)43-61-50(53)31-23-17-15-19-25-34-58-45-49(46-59-42-41-57-40-39-56-38-37-55-36-33-52)60-35-26-20-16-18-24-32-51(54)62-44-48(28-12-8-4)30-22-14-10-6-2/h47-49H,5-46,52H2,1-4H3. The first-order valence-electron chi connectivity index (χ1n) is 26.0. The van der Waals surface area contributed by atoms with Crippen molar-refractivity contribution in [2.45, 2.75) is 214 Å². The van der Waals surface area contributed by atoms with E-state index in [-0.39, 0.29) is 18.0 Å². The second-order valence-electron chi connectivity index (χ2n) is 17.4. The van der Waals surface area contributed by atoms with Crippen LogP contribution in [0.4, 0.5) is 0 Å². The number of nitrogens with two attached hydrogens (primary N) is 1. The monoisotopic (exact) mass is 888 g/mol. The number of carbonyl (C=O) groups is 2. The molecule has 11 nitrogen and oxygen atoms in total. The lowest BCUT2D eigenvalue weighted by Crippen LogP contribution is -2.27. The SMILES string of the molecule is CCCCCCC(CCCC)COC(=O)CCCCCCCOCC(COCCOCCOCCOCCN)OCCCCCCCC(=O)OCC(CCCC)CCCCCC. The minimum Gasteiger partial charge on any atom is -0.465 e. The molecule has 0 aromatic heterocycles. The van der Waals surface area contributed by atoms with E-state index in [1.165, 1.54) is 89.9 Å². The quantitative estimate of drug-likeness (QED) is 0.0462. The van der Waals surface area contributed by atoms with E-state index in [0.29, 0.717) is 117 Å². The first kappa shape index (κ1) is 60.7. The van der Waals surface area contributed by atoms with E-state index in [9.17, 15) is 9.59 Å². The third kappa shape index (κ3) is 45.2. The smallest absolute Gasteiger partial charge is 0.305 e. The van der Waals surface area contributed by atoms with Gasteiger partial charge in [-0.1, -0.05) is 143 Å². The van der Waals surface area contributed by atoms with Gasteiger partial charge < -0.3 is 43.6 Å². The Hall–Kier alpha value is -1.34. The molecule has 3 atom stereocenters. The van der Waals surface area contributed by atoms with Crippen molar-refractivity contribution >= 4 is 11.9 Å². The first-order valence-corrected chi connectivity index (χ1v) is 26.0. The Balaban J connectivity index is 4.35. The molecule has 0 aliphatic carbocycles. The number of rotatable bonds is 52. The molecule has 0 bridgehead atoms. The lowest BCUT2D eigenvalue weighted by atomic mass is 9.96. The summed E-state index contributed by atoms with van der Waals surface area (Å²) in [5.41, 5.74) is 5.42. The van der Waals surface area contributed by atoms with Gasteiger partial charge in [-0.15, -0.1) is 0 Å². The van der Waals surface area contributed by atoms with Crippen molar-refractivity contribution in [1.82, 2.24) is 0 Å². The summed E-state index contributed by atoms with van der Waals surface area (Å²) in [6, 6.07) is 0. The fraction of sp³-hybridized carbons (Fsp3) is 0.961. The van der Waals surface area contributed by atoms with E-state index in [0.717, 1.165) is 77.0 Å². The summed E-state index contributed by atoms with van der Waals surface area (Å²) in [5, 5.41) is 0. The number of esters is 2. The van der Waals surface area contributed by atoms with Gasteiger partial charge in [-0.2, -0.15) is 0 Å². The van der Waals surface area contributed by atoms with Crippen LogP contribution in [0.15, 0.2) is 0 Å². The third-order valence-corrected chi connectivity index (χ3v) is 11.4. The number of carbonyl (C=O) groups excluding carboxylic acids is 2. The molecule has 0 aliphatic rings. The fourth-order valence-corrected chi connectivity index (χ4v) is 7.37. The molecule has 0 spiro atoms. The molecule has 0 radical (unpaired) electrons. The Morgan fingerprint density at radius 3 is 1.21 bits per heavy atom. The van der Waals surface area contributed by atoms with Crippen LogP contribution in [-0.2, 0) is 47.5 Å². The zero-order valence-electron chi connectivity index (χ0n) is 41.1. The summed E-state index contributed by atoms with van der Waals surface area (Å²) in [6.45, 7) is 16.5. The average molecular weight is 888 g/mol. The predicted molar refractivity (Wildman–Crippen MR) is 254 cm³/mol. The van der Waals surface area contributed by atoms with Crippen LogP contribution in [0.2, 0.25) is 0 Å². The van der Waals surface area contributed by atoms with E-state index in [4.69, 9.17) is 43.6 Å². The second kappa shape index (κ2) is 50.7. The maximum absolute atomic E-state index is 12.4. The zero-order chi connectivity index (χ0) is 45.2. The molecular weight excluding hydrogens is 787 g/mol. The molecule has 2 N–H and O–H groups in total. The van der Waals surface area contributed by atoms with Crippen LogP contribution in [0.1, 0.15) is 207 Å². The summed E-state index contributed by atoms with van der Waals surface area (Å²) in [7, 11) is 0. The first-order chi connectivity index (χ1) is 30.5. The Kier molecular flexibility index (Phi) is 49.6. The minimum atomic E-state index is -0.140.